The predicted molar refractivity (Wildman–Crippen MR) is 114 cm³/mol. The minimum absolute atomic E-state index is 0.0482. The SMILES string of the molecule is CC(C)(C)[Si](OCCCCCCCO)(c1ccccc1)c1ccccc1. The van der Waals surface area contributed by atoms with Gasteiger partial charge < -0.3 is 9.53 Å². The van der Waals surface area contributed by atoms with E-state index in [-0.39, 0.29) is 5.04 Å². The molecule has 3 heteroatoms. The third kappa shape index (κ3) is 5.06. The highest BCUT2D eigenvalue weighted by Gasteiger charge is 2.49. The number of rotatable bonds is 10. The topological polar surface area (TPSA) is 29.5 Å². The van der Waals surface area contributed by atoms with Crippen molar-refractivity contribution in [2.24, 2.45) is 0 Å². The van der Waals surface area contributed by atoms with Crippen LogP contribution in [0.25, 0.3) is 0 Å². The van der Waals surface area contributed by atoms with Gasteiger partial charge in [0.15, 0.2) is 0 Å². The molecule has 0 aliphatic rings. The molecule has 0 unspecified atom stereocenters. The number of unbranched alkanes of at least 4 members (excludes halogenated alkanes) is 4. The van der Waals surface area contributed by atoms with Gasteiger partial charge in [0.2, 0.25) is 0 Å². The fourth-order valence-corrected chi connectivity index (χ4v) is 8.34. The predicted octanol–water partition coefficient (Wildman–Crippen LogP) is 4.51. The van der Waals surface area contributed by atoms with Gasteiger partial charge in [0.25, 0.3) is 8.32 Å². The summed E-state index contributed by atoms with van der Waals surface area (Å²) in [5.74, 6) is 0. The summed E-state index contributed by atoms with van der Waals surface area (Å²) in [6.07, 6.45) is 5.43. The molecule has 0 fully saturated rings. The van der Waals surface area contributed by atoms with Crippen LogP contribution in [0.1, 0.15) is 52.9 Å². The quantitative estimate of drug-likeness (QED) is 0.493. The van der Waals surface area contributed by atoms with Gasteiger partial charge in [0, 0.05) is 13.2 Å². The Kier molecular flexibility index (Phi) is 8.07. The lowest BCUT2D eigenvalue weighted by atomic mass is 10.2. The molecule has 142 valence electrons. The van der Waals surface area contributed by atoms with Gasteiger partial charge in [-0.05, 0) is 28.3 Å². The van der Waals surface area contributed by atoms with E-state index in [1.165, 1.54) is 16.8 Å². The Morgan fingerprint density at radius 1 is 0.731 bits per heavy atom. The van der Waals surface area contributed by atoms with Crippen molar-refractivity contribution in [2.45, 2.75) is 57.9 Å². The molecule has 0 radical (unpaired) electrons. The number of aliphatic hydroxyl groups is 1. The van der Waals surface area contributed by atoms with Gasteiger partial charge in [0.05, 0.1) is 0 Å². The second-order valence-corrected chi connectivity index (χ2v) is 12.3. The molecule has 2 nitrogen and oxygen atoms in total. The van der Waals surface area contributed by atoms with Crippen LogP contribution in [-0.2, 0) is 4.43 Å². The summed E-state index contributed by atoms with van der Waals surface area (Å²) < 4.78 is 6.86. The van der Waals surface area contributed by atoms with Crippen LogP contribution in [0.3, 0.4) is 0 Å². The molecule has 26 heavy (non-hydrogen) atoms. The summed E-state index contributed by atoms with van der Waals surface area (Å²) >= 11 is 0. The van der Waals surface area contributed by atoms with Crippen LogP contribution in [-0.4, -0.2) is 26.6 Å². The highest BCUT2D eigenvalue weighted by Crippen LogP contribution is 2.36. The molecule has 2 rings (SSSR count). The average molecular weight is 371 g/mol. The zero-order chi connectivity index (χ0) is 18.9. The van der Waals surface area contributed by atoms with Crippen LogP contribution in [0.2, 0.25) is 5.04 Å². The molecule has 0 aromatic heterocycles. The molecule has 0 atom stereocenters. The van der Waals surface area contributed by atoms with Crippen LogP contribution in [0.4, 0.5) is 0 Å². The highest BCUT2D eigenvalue weighted by atomic mass is 28.4. The zero-order valence-corrected chi connectivity index (χ0v) is 17.6. The second kappa shape index (κ2) is 10.1. The smallest absolute Gasteiger partial charge is 0.261 e. The van der Waals surface area contributed by atoms with Gasteiger partial charge in [-0.2, -0.15) is 0 Å². The monoisotopic (exact) mass is 370 g/mol. The van der Waals surface area contributed by atoms with Gasteiger partial charge in [-0.15, -0.1) is 0 Å². The molecule has 0 saturated heterocycles. The van der Waals surface area contributed by atoms with Crippen LogP contribution in [0, 0.1) is 0 Å². The summed E-state index contributed by atoms with van der Waals surface area (Å²) in [5.41, 5.74) is 0. The average Bonchev–Trinajstić information content (AvgIpc) is 2.64. The fraction of sp³-hybridized carbons (Fsp3) is 0.478. The van der Waals surface area contributed by atoms with E-state index in [0.717, 1.165) is 32.3 Å². The number of hydrogen-bond acceptors (Lipinski definition) is 2. The Morgan fingerprint density at radius 2 is 1.19 bits per heavy atom. The molecule has 2 aromatic carbocycles. The third-order valence-electron chi connectivity index (χ3n) is 5.04. The Morgan fingerprint density at radius 3 is 1.65 bits per heavy atom. The molecule has 0 bridgehead atoms. The fourth-order valence-electron chi connectivity index (χ4n) is 3.73. The molecular weight excluding hydrogens is 336 g/mol. The lowest BCUT2D eigenvalue weighted by molar-refractivity contribution is 0.274. The Bertz CT molecular complexity index is 580. The van der Waals surface area contributed by atoms with E-state index in [2.05, 4.69) is 81.4 Å². The molecule has 1 N–H and O–H groups in total. The lowest BCUT2D eigenvalue weighted by Crippen LogP contribution is -2.66. The molecule has 0 spiro atoms. The first-order chi connectivity index (χ1) is 12.5. The third-order valence-corrected chi connectivity index (χ3v) is 10.1. The minimum Gasteiger partial charge on any atom is -0.407 e. The molecule has 0 aliphatic carbocycles. The van der Waals surface area contributed by atoms with Crippen LogP contribution in [0.5, 0.6) is 0 Å². The maximum Gasteiger partial charge on any atom is 0.261 e. The van der Waals surface area contributed by atoms with Crippen molar-refractivity contribution >= 4 is 18.7 Å². The van der Waals surface area contributed by atoms with E-state index in [0.29, 0.717) is 6.61 Å². The van der Waals surface area contributed by atoms with Gasteiger partial charge in [0.1, 0.15) is 0 Å². The first-order valence-corrected chi connectivity index (χ1v) is 11.8. The molecule has 2 aromatic rings. The van der Waals surface area contributed by atoms with Crippen molar-refractivity contribution in [3.63, 3.8) is 0 Å². The standard InChI is InChI=1S/C23H34O2Si/c1-23(2,3)26(21-15-9-7-10-16-21,22-17-11-8-12-18-22)25-20-14-6-4-5-13-19-24/h7-12,15-18,24H,4-6,13-14,19-20H2,1-3H3. The number of aliphatic hydroxyl groups excluding tert-OH is 1. The molecule has 0 saturated carbocycles. The molecular formula is C23H34O2Si. The largest absolute Gasteiger partial charge is 0.407 e. The van der Waals surface area contributed by atoms with E-state index in [9.17, 15) is 0 Å². The molecule has 0 heterocycles. The summed E-state index contributed by atoms with van der Waals surface area (Å²) in [6.45, 7) is 8.06. The van der Waals surface area contributed by atoms with E-state index >= 15 is 0 Å². The second-order valence-electron chi connectivity index (χ2n) is 8.00. The maximum absolute atomic E-state index is 8.90. The van der Waals surface area contributed by atoms with Crippen LogP contribution < -0.4 is 10.4 Å². The van der Waals surface area contributed by atoms with Crippen molar-refractivity contribution in [1.82, 2.24) is 0 Å². The van der Waals surface area contributed by atoms with Gasteiger partial charge >= 0.3 is 0 Å². The molecule has 0 amide bonds. The van der Waals surface area contributed by atoms with E-state index < -0.39 is 8.32 Å². The van der Waals surface area contributed by atoms with Crippen LogP contribution in [0.15, 0.2) is 60.7 Å². The van der Waals surface area contributed by atoms with E-state index in [1.807, 2.05) is 0 Å². The Hall–Kier alpha value is -1.42. The van der Waals surface area contributed by atoms with Crippen LogP contribution >= 0.6 is 0 Å². The van der Waals surface area contributed by atoms with E-state index in [1.54, 1.807) is 0 Å². The van der Waals surface area contributed by atoms with Gasteiger partial charge in [-0.1, -0.05) is 101 Å². The number of hydrogen-bond donors (Lipinski definition) is 1. The summed E-state index contributed by atoms with van der Waals surface area (Å²) in [5, 5.41) is 11.6. The van der Waals surface area contributed by atoms with Crippen molar-refractivity contribution in [3.05, 3.63) is 60.7 Å². The lowest BCUT2D eigenvalue weighted by Gasteiger charge is -2.43. The number of benzene rings is 2. The summed E-state index contributed by atoms with van der Waals surface area (Å²) in [7, 11) is -2.36. The Balaban J connectivity index is 2.24. The summed E-state index contributed by atoms with van der Waals surface area (Å²) in [4.78, 5) is 0. The van der Waals surface area contributed by atoms with Crippen molar-refractivity contribution in [1.29, 1.82) is 0 Å². The molecule has 0 aliphatic heterocycles. The van der Waals surface area contributed by atoms with Gasteiger partial charge in [-0.25, -0.2) is 0 Å². The minimum atomic E-state index is -2.36. The Labute approximate surface area is 160 Å². The maximum atomic E-state index is 8.90. The van der Waals surface area contributed by atoms with Gasteiger partial charge in [-0.3, -0.25) is 0 Å². The normalized spacial score (nSPS) is 12.3. The summed E-state index contributed by atoms with van der Waals surface area (Å²) in [6, 6.07) is 21.6. The van der Waals surface area contributed by atoms with E-state index in [4.69, 9.17) is 9.53 Å². The van der Waals surface area contributed by atoms with Crippen molar-refractivity contribution in [2.75, 3.05) is 13.2 Å². The van der Waals surface area contributed by atoms with Crippen molar-refractivity contribution < 1.29 is 9.53 Å². The zero-order valence-electron chi connectivity index (χ0n) is 16.6. The highest BCUT2D eigenvalue weighted by molar-refractivity contribution is 6.99. The van der Waals surface area contributed by atoms with Crippen molar-refractivity contribution in [3.8, 4) is 0 Å². The first-order valence-electron chi connectivity index (χ1n) is 9.88. The first kappa shape index (κ1) is 20.9.